The van der Waals surface area contributed by atoms with Gasteiger partial charge in [0, 0.05) is 12.6 Å². The highest BCUT2D eigenvalue weighted by atomic mass is 16.4. The van der Waals surface area contributed by atoms with Crippen LogP contribution in [0.1, 0.15) is 28.2 Å². The van der Waals surface area contributed by atoms with Crippen LogP contribution in [0.2, 0.25) is 0 Å². The normalized spacial score (nSPS) is 10.5. The van der Waals surface area contributed by atoms with Crippen LogP contribution in [0.25, 0.3) is 6.08 Å². The third kappa shape index (κ3) is 2.23. The Balaban J connectivity index is 3.16. The van der Waals surface area contributed by atoms with Crippen molar-refractivity contribution in [1.82, 2.24) is 9.78 Å². The molecule has 1 aromatic heterocycles. The predicted octanol–water partition coefficient (Wildman–Crippen LogP) is 1.35. The van der Waals surface area contributed by atoms with Crippen LogP contribution in [0.15, 0.2) is 6.08 Å². The summed E-state index contributed by atoms with van der Waals surface area (Å²) in [6, 6.07) is 1.95. The molecule has 0 aromatic carbocycles. The van der Waals surface area contributed by atoms with E-state index in [9.17, 15) is 4.79 Å². The minimum Gasteiger partial charge on any atom is -0.477 e. The number of hydrogen-bond donors (Lipinski definition) is 1. The Kier molecular flexibility index (Phi) is 3.24. The molecule has 0 fully saturated rings. The maximum atomic E-state index is 10.9. The van der Waals surface area contributed by atoms with Gasteiger partial charge in [0.25, 0.3) is 0 Å². The van der Waals surface area contributed by atoms with Crippen LogP contribution in [0, 0.1) is 18.3 Å². The fraction of sp³-hybridized carbons (Fsp3) is 0.300. The lowest BCUT2D eigenvalue weighted by Gasteiger charge is -1.95. The first-order valence-electron chi connectivity index (χ1n) is 4.38. The van der Waals surface area contributed by atoms with Crippen molar-refractivity contribution in [2.45, 2.75) is 13.3 Å². The van der Waals surface area contributed by atoms with E-state index >= 15 is 0 Å². The number of nitrogens with zero attached hydrogens (tertiary/aromatic N) is 3. The standard InChI is InChI=1S/C10H11N3O2/c1-7-8(5-3-4-6-11)9(10(14)15)13(2)12-7/h3,5H,4H2,1-2H3,(H,14,15). The van der Waals surface area contributed by atoms with Gasteiger partial charge in [-0.15, -0.1) is 0 Å². The first-order chi connectivity index (χ1) is 7.07. The average molecular weight is 205 g/mol. The Hall–Kier alpha value is -2.09. The van der Waals surface area contributed by atoms with Gasteiger partial charge in [0.05, 0.1) is 18.2 Å². The Morgan fingerprint density at radius 3 is 2.93 bits per heavy atom. The van der Waals surface area contributed by atoms with Crippen LogP contribution < -0.4 is 0 Å². The molecule has 0 radical (unpaired) electrons. The summed E-state index contributed by atoms with van der Waals surface area (Å²) in [6.07, 6.45) is 3.50. The number of aromatic carboxylic acids is 1. The van der Waals surface area contributed by atoms with Gasteiger partial charge in [0.1, 0.15) is 0 Å². The van der Waals surface area contributed by atoms with E-state index in [4.69, 9.17) is 10.4 Å². The molecular weight excluding hydrogens is 194 g/mol. The van der Waals surface area contributed by atoms with E-state index in [2.05, 4.69) is 5.10 Å². The maximum absolute atomic E-state index is 10.9. The number of nitriles is 1. The number of allylic oxidation sites excluding steroid dienone is 1. The molecule has 0 saturated heterocycles. The van der Waals surface area contributed by atoms with Gasteiger partial charge in [-0.2, -0.15) is 10.4 Å². The van der Waals surface area contributed by atoms with Crippen LogP contribution in [0.4, 0.5) is 0 Å². The average Bonchev–Trinajstić information content (AvgIpc) is 2.42. The molecule has 0 spiro atoms. The zero-order chi connectivity index (χ0) is 11.4. The molecule has 0 unspecified atom stereocenters. The number of rotatable bonds is 3. The molecule has 0 bridgehead atoms. The van der Waals surface area contributed by atoms with Crippen molar-refractivity contribution in [1.29, 1.82) is 5.26 Å². The number of carbonyl (C=O) groups is 1. The predicted molar refractivity (Wildman–Crippen MR) is 54.2 cm³/mol. The summed E-state index contributed by atoms with van der Waals surface area (Å²) >= 11 is 0. The molecule has 1 heterocycles. The SMILES string of the molecule is Cc1nn(C)c(C(=O)O)c1C=CCC#N. The molecule has 0 saturated carbocycles. The number of carboxylic acids is 1. The Morgan fingerprint density at radius 1 is 1.73 bits per heavy atom. The third-order valence-corrected chi connectivity index (χ3v) is 1.96. The van der Waals surface area contributed by atoms with Crippen molar-refractivity contribution in [2.24, 2.45) is 7.05 Å². The van der Waals surface area contributed by atoms with Gasteiger partial charge in [-0.25, -0.2) is 4.79 Å². The highest BCUT2D eigenvalue weighted by Gasteiger charge is 2.16. The van der Waals surface area contributed by atoms with Gasteiger partial charge in [0.15, 0.2) is 5.69 Å². The fourth-order valence-electron chi connectivity index (χ4n) is 1.36. The highest BCUT2D eigenvalue weighted by Crippen LogP contribution is 2.15. The van der Waals surface area contributed by atoms with Crippen molar-refractivity contribution in [2.75, 3.05) is 0 Å². The zero-order valence-corrected chi connectivity index (χ0v) is 8.56. The van der Waals surface area contributed by atoms with Crippen molar-refractivity contribution < 1.29 is 9.90 Å². The van der Waals surface area contributed by atoms with Crippen molar-refractivity contribution >= 4 is 12.0 Å². The van der Waals surface area contributed by atoms with Gasteiger partial charge in [-0.3, -0.25) is 4.68 Å². The van der Waals surface area contributed by atoms with E-state index in [-0.39, 0.29) is 12.1 Å². The Bertz CT molecular complexity index is 452. The summed E-state index contributed by atoms with van der Waals surface area (Å²) in [5, 5.41) is 21.3. The molecule has 78 valence electrons. The van der Waals surface area contributed by atoms with Crippen LogP contribution in [-0.2, 0) is 7.05 Å². The monoisotopic (exact) mass is 205 g/mol. The molecule has 1 N–H and O–H groups in total. The third-order valence-electron chi connectivity index (χ3n) is 1.96. The van der Waals surface area contributed by atoms with Crippen LogP contribution in [0.3, 0.4) is 0 Å². The minimum absolute atomic E-state index is 0.140. The molecule has 0 atom stereocenters. The quantitative estimate of drug-likeness (QED) is 0.807. The van der Waals surface area contributed by atoms with E-state index in [1.165, 1.54) is 4.68 Å². The lowest BCUT2D eigenvalue weighted by molar-refractivity contribution is 0.0685. The van der Waals surface area contributed by atoms with Gasteiger partial charge in [-0.1, -0.05) is 12.2 Å². The molecule has 5 heteroatoms. The number of aromatic nitrogens is 2. The van der Waals surface area contributed by atoms with Crippen molar-refractivity contribution in [3.05, 3.63) is 23.0 Å². The summed E-state index contributed by atoms with van der Waals surface area (Å²) in [4.78, 5) is 10.9. The van der Waals surface area contributed by atoms with Crippen LogP contribution in [-0.4, -0.2) is 20.9 Å². The lowest BCUT2D eigenvalue weighted by atomic mass is 10.1. The molecule has 1 rings (SSSR count). The highest BCUT2D eigenvalue weighted by molar-refractivity contribution is 5.90. The van der Waals surface area contributed by atoms with E-state index in [1.54, 1.807) is 26.1 Å². The summed E-state index contributed by atoms with van der Waals surface area (Å²) in [5.41, 5.74) is 1.34. The number of aryl methyl sites for hydroxylation is 2. The molecule has 15 heavy (non-hydrogen) atoms. The summed E-state index contributed by atoms with van der Waals surface area (Å²) in [7, 11) is 1.58. The number of hydrogen-bond acceptors (Lipinski definition) is 3. The molecule has 1 aromatic rings. The van der Waals surface area contributed by atoms with Crippen molar-refractivity contribution in [3.63, 3.8) is 0 Å². The van der Waals surface area contributed by atoms with Gasteiger partial charge in [-0.05, 0) is 6.92 Å². The molecule has 0 amide bonds. The van der Waals surface area contributed by atoms with Gasteiger partial charge < -0.3 is 5.11 Å². The van der Waals surface area contributed by atoms with Crippen LogP contribution in [0.5, 0.6) is 0 Å². The number of carboxylic acid groups (broad SMARTS) is 1. The first-order valence-corrected chi connectivity index (χ1v) is 4.38. The van der Waals surface area contributed by atoms with Crippen LogP contribution >= 0.6 is 0 Å². The lowest BCUT2D eigenvalue weighted by Crippen LogP contribution is -2.06. The summed E-state index contributed by atoms with van der Waals surface area (Å²) < 4.78 is 1.32. The van der Waals surface area contributed by atoms with Gasteiger partial charge in [0.2, 0.25) is 0 Å². The topological polar surface area (TPSA) is 78.9 Å². The first kappa shape index (κ1) is 11.0. The van der Waals surface area contributed by atoms with Crippen molar-refractivity contribution in [3.8, 4) is 6.07 Å². The van der Waals surface area contributed by atoms with E-state index in [0.29, 0.717) is 11.3 Å². The van der Waals surface area contributed by atoms with E-state index < -0.39 is 5.97 Å². The Morgan fingerprint density at radius 2 is 2.40 bits per heavy atom. The molecular formula is C10H11N3O2. The minimum atomic E-state index is -1.02. The Labute approximate surface area is 87.3 Å². The van der Waals surface area contributed by atoms with E-state index in [0.717, 1.165) is 0 Å². The largest absolute Gasteiger partial charge is 0.477 e. The maximum Gasteiger partial charge on any atom is 0.354 e. The molecule has 5 nitrogen and oxygen atoms in total. The van der Waals surface area contributed by atoms with E-state index in [1.807, 2.05) is 6.07 Å². The zero-order valence-electron chi connectivity index (χ0n) is 8.56. The fourth-order valence-corrected chi connectivity index (χ4v) is 1.36. The summed E-state index contributed by atoms with van der Waals surface area (Å²) in [6.45, 7) is 1.73. The second kappa shape index (κ2) is 4.42. The second-order valence-electron chi connectivity index (χ2n) is 3.04. The second-order valence-corrected chi connectivity index (χ2v) is 3.04. The summed E-state index contributed by atoms with van der Waals surface area (Å²) in [5.74, 6) is -1.02. The molecule has 0 aliphatic rings. The smallest absolute Gasteiger partial charge is 0.354 e. The molecule has 0 aliphatic carbocycles. The van der Waals surface area contributed by atoms with Gasteiger partial charge >= 0.3 is 5.97 Å². The molecule has 0 aliphatic heterocycles.